The van der Waals surface area contributed by atoms with E-state index in [0.717, 1.165) is 25.8 Å². The van der Waals surface area contributed by atoms with E-state index in [-0.39, 0.29) is 0 Å². The molecular formula is C14H20N2. The third-order valence-corrected chi connectivity index (χ3v) is 2.66. The van der Waals surface area contributed by atoms with E-state index < -0.39 is 0 Å². The minimum absolute atomic E-state index is 0.360. The maximum absolute atomic E-state index is 5.33. The molecule has 0 aliphatic heterocycles. The van der Waals surface area contributed by atoms with Crippen molar-refractivity contribution in [1.29, 1.82) is 0 Å². The molecule has 1 heterocycles. The van der Waals surface area contributed by atoms with E-state index in [2.05, 4.69) is 36.1 Å². The number of aryl methyl sites for hydroxylation is 1. The number of hydrogen-bond acceptors (Lipinski definition) is 2. The molecule has 0 aromatic carbocycles. The lowest BCUT2D eigenvalue weighted by molar-refractivity contribution is 0.503. The molecule has 0 saturated heterocycles. The lowest BCUT2D eigenvalue weighted by atomic mass is 9.99. The van der Waals surface area contributed by atoms with Crippen LogP contribution >= 0.6 is 0 Å². The minimum Gasteiger partial charge on any atom is -0.310 e. The fourth-order valence-corrected chi connectivity index (χ4v) is 1.79. The monoisotopic (exact) mass is 216 g/mol. The molecule has 0 aliphatic rings. The third kappa shape index (κ3) is 3.67. The topological polar surface area (TPSA) is 24.9 Å². The summed E-state index contributed by atoms with van der Waals surface area (Å²) in [6.45, 7) is 5.29. The SMILES string of the molecule is C#CCCC(NCCC)c1ccncc1C. The van der Waals surface area contributed by atoms with E-state index in [9.17, 15) is 0 Å². The van der Waals surface area contributed by atoms with Gasteiger partial charge >= 0.3 is 0 Å². The zero-order valence-electron chi connectivity index (χ0n) is 10.2. The summed E-state index contributed by atoms with van der Waals surface area (Å²) in [6, 6.07) is 2.44. The van der Waals surface area contributed by atoms with Crippen LogP contribution in [-0.4, -0.2) is 11.5 Å². The molecule has 1 atom stereocenters. The molecule has 1 unspecified atom stereocenters. The van der Waals surface area contributed by atoms with Crippen LogP contribution in [0.4, 0.5) is 0 Å². The Bertz CT molecular complexity index is 352. The van der Waals surface area contributed by atoms with E-state index in [1.165, 1.54) is 11.1 Å². The summed E-state index contributed by atoms with van der Waals surface area (Å²) in [6.07, 6.45) is 12.0. The second-order valence-electron chi connectivity index (χ2n) is 3.98. The molecule has 2 nitrogen and oxygen atoms in total. The third-order valence-electron chi connectivity index (χ3n) is 2.66. The first-order valence-electron chi connectivity index (χ1n) is 5.87. The molecule has 1 aromatic rings. The number of hydrogen-bond donors (Lipinski definition) is 1. The molecule has 0 radical (unpaired) electrons. The van der Waals surface area contributed by atoms with Crippen molar-refractivity contribution >= 4 is 0 Å². The number of aromatic nitrogens is 1. The van der Waals surface area contributed by atoms with Gasteiger partial charge in [0, 0.05) is 24.9 Å². The molecule has 1 aromatic heterocycles. The van der Waals surface area contributed by atoms with Crippen molar-refractivity contribution in [2.45, 2.75) is 39.2 Å². The molecule has 0 fully saturated rings. The van der Waals surface area contributed by atoms with Crippen LogP contribution in [0.5, 0.6) is 0 Å². The van der Waals surface area contributed by atoms with Crippen LogP contribution in [0.2, 0.25) is 0 Å². The Morgan fingerprint density at radius 3 is 3.00 bits per heavy atom. The van der Waals surface area contributed by atoms with Gasteiger partial charge < -0.3 is 5.32 Å². The lowest BCUT2D eigenvalue weighted by Crippen LogP contribution is -2.22. The number of terminal acetylenes is 1. The zero-order valence-corrected chi connectivity index (χ0v) is 10.2. The zero-order chi connectivity index (χ0) is 11.8. The Morgan fingerprint density at radius 2 is 2.38 bits per heavy atom. The first kappa shape index (κ1) is 12.7. The highest BCUT2D eigenvalue weighted by atomic mass is 14.9. The average Bonchev–Trinajstić information content (AvgIpc) is 2.31. The Balaban J connectivity index is 2.75. The van der Waals surface area contributed by atoms with Crippen molar-refractivity contribution < 1.29 is 0 Å². The van der Waals surface area contributed by atoms with Crippen LogP contribution in [0.15, 0.2) is 18.5 Å². The van der Waals surface area contributed by atoms with Crippen LogP contribution < -0.4 is 5.32 Å². The van der Waals surface area contributed by atoms with Crippen molar-refractivity contribution in [1.82, 2.24) is 10.3 Å². The quantitative estimate of drug-likeness (QED) is 0.740. The van der Waals surface area contributed by atoms with Gasteiger partial charge in [-0.3, -0.25) is 4.98 Å². The van der Waals surface area contributed by atoms with E-state index >= 15 is 0 Å². The second-order valence-corrected chi connectivity index (χ2v) is 3.98. The largest absolute Gasteiger partial charge is 0.310 e. The molecule has 2 heteroatoms. The summed E-state index contributed by atoms with van der Waals surface area (Å²) >= 11 is 0. The van der Waals surface area contributed by atoms with Crippen molar-refractivity contribution in [3.05, 3.63) is 29.6 Å². The Hall–Kier alpha value is -1.33. The molecule has 0 amide bonds. The highest BCUT2D eigenvalue weighted by Gasteiger charge is 2.11. The smallest absolute Gasteiger partial charge is 0.0333 e. The first-order chi connectivity index (χ1) is 7.79. The number of pyridine rings is 1. The van der Waals surface area contributed by atoms with Gasteiger partial charge in [0.25, 0.3) is 0 Å². The fraction of sp³-hybridized carbons (Fsp3) is 0.500. The standard InChI is InChI=1S/C14H20N2/c1-4-6-7-14(16-9-5-2)13-8-10-15-11-12(13)3/h1,8,10-11,14,16H,5-7,9H2,2-3H3. The van der Waals surface area contributed by atoms with E-state index in [0.29, 0.717) is 6.04 Å². The Morgan fingerprint density at radius 1 is 1.56 bits per heavy atom. The van der Waals surface area contributed by atoms with Crippen LogP contribution in [0.25, 0.3) is 0 Å². The number of rotatable bonds is 6. The van der Waals surface area contributed by atoms with Crippen LogP contribution in [0, 0.1) is 19.3 Å². The minimum atomic E-state index is 0.360. The van der Waals surface area contributed by atoms with E-state index in [1.54, 1.807) is 0 Å². The number of nitrogens with one attached hydrogen (secondary N) is 1. The Labute approximate surface area is 98.5 Å². The first-order valence-corrected chi connectivity index (χ1v) is 5.87. The highest BCUT2D eigenvalue weighted by molar-refractivity contribution is 5.25. The summed E-state index contributed by atoms with van der Waals surface area (Å²) in [7, 11) is 0. The summed E-state index contributed by atoms with van der Waals surface area (Å²) in [5.41, 5.74) is 2.55. The lowest BCUT2D eigenvalue weighted by Gasteiger charge is -2.19. The molecule has 0 bridgehead atoms. The highest BCUT2D eigenvalue weighted by Crippen LogP contribution is 2.20. The van der Waals surface area contributed by atoms with Gasteiger partial charge in [-0.25, -0.2) is 0 Å². The van der Waals surface area contributed by atoms with Gasteiger partial charge in [-0.2, -0.15) is 0 Å². The predicted octanol–water partition coefficient (Wildman–Crippen LogP) is 2.84. The molecule has 0 spiro atoms. The van der Waals surface area contributed by atoms with Crippen molar-refractivity contribution in [3.8, 4) is 12.3 Å². The van der Waals surface area contributed by atoms with Gasteiger partial charge in [0.05, 0.1) is 0 Å². The molecule has 0 aliphatic carbocycles. The summed E-state index contributed by atoms with van der Waals surface area (Å²) in [5.74, 6) is 2.71. The van der Waals surface area contributed by atoms with E-state index in [4.69, 9.17) is 6.42 Å². The molecule has 86 valence electrons. The van der Waals surface area contributed by atoms with Crippen LogP contribution in [0.1, 0.15) is 43.4 Å². The van der Waals surface area contributed by atoms with Gasteiger partial charge in [0.2, 0.25) is 0 Å². The van der Waals surface area contributed by atoms with Crippen molar-refractivity contribution in [3.63, 3.8) is 0 Å². The predicted molar refractivity (Wildman–Crippen MR) is 68.1 cm³/mol. The maximum Gasteiger partial charge on any atom is 0.0333 e. The fourth-order valence-electron chi connectivity index (χ4n) is 1.79. The van der Waals surface area contributed by atoms with Gasteiger partial charge in [0.15, 0.2) is 0 Å². The molecule has 0 saturated carbocycles. The molecular weight excluding hydrogens is 196 g/mol. The number of nitrogens with zero attached hydrogens (tertiary/aromatic N) is 1. The van der Waals surface area contributed by atoms with Crippen molar-refractivity contribution in [2.75, 3.05) is 6.54 Å². The molecule has 16 heavy (non-hydrogen) atoms. The van der Waals surface area contributed by atoms with Crippen LogP contribution in [0.3, 0.4) is 0 Å². The summed E-state index contributed by atoms with van der Waals surface area (Å²) < 4.78 is 0. The Kier molecular flexibility index (Phi) is 5.60. The summed E-state index contributed by atoms with van der Waals surface area (Å²) in [4.78, 5) is 4.12. The average molecular weight is 216 g/mol. The molecule has 1 N–H and O–H groups in total. The van der Waals surface area contributed by atoms with Gasteiger partial charge in [-0.1, -0.05) is 6.92 Å². The van der Waals surface area contributed by atoms with Gasteiger partial charge in [-0.15, -0.1) is 12.3 Å². The van der Waals surface area contributed by atoms with Gasteiger partial charge in [0.1, 0.15) is 0 Å². The second kappa shape index (κ2) is 7.03. The summed E-state index contributed by atoms with van der Waals surface area (Å²) in [5, 5.41) is 3.54. The van der Waals surface area contributed by atoms with Crippen molar-refractivity contribution in [2.24, 2.45) is 0 Å². The molecule has 1 rings (SSSR count). The van der Waals surface area contributed by atoms with Gasteiger partial charge in [-0.05, 0) is 43.5 Å². The normalized spacial score (nSPS) is 12.1. The van der Waals surface area contributed by atoms with E-state index in [1.807, 2.05) is 12.4 Å². The maximum atomic E-state index is 5.33. The van der Waals surface area contributed by atoms with Crippen LogP contribution in [-0.2, 0) is 0 Å².